The first-order chi connectivity index (χ1) is 9.51. The molecule has 0 radical (unpaired) electrons. The Labute approximate surface area is 131 Å². The molecular weight excluding hydrogens is 345 g/mol. The topological polar surface area (TPSA) is 21.3 Å². The number of halogens is 3. The summed E-state index contributed by atoms with van der Waals surface area (Å²) >= 11 is 9.34. The van der Waals surface area contributed by atoms with Crippen molar-refractivity contribution in [3.8, 4) is 5.75 Å². The first-order valence-corrected chi connectivity index (χ1v) is 7.23. The summed E-state index contributed by atoms with van der Waals surface area (Å²) in [5.41, 5.74) is 1.73. The van der Waals surface area contributed by atoms with Gasteiger partial charge >= 0.3 is 0 Å². The van der Waals surface area contributed by atoms with Crippen LogP contribution in [-0.2, 0) is 0 Å². The van der Waals surface area contributed by atoms with Crippen LogP contribution >= 0.6 is 27.5 Å². The van der Waals surface area contributed by atoms with Crippen molar-refractivity contribution < 1.29 is 9.13 Å². The van der Waals surface area contributed by atoms with E-state index in [0.717, 1.165) is 17.0 Å². The minimum absolute atomic E-state index is 0.0171. The normalized spacial score (nSPS) is 12.1. The fraction of sp³-hybridized carbons (Fsp3) is 0.200. The summed E-state index contributed by atoms with van der Waals surface area (Å²) < 4.78 is 18.9. The molecule has 2 nitrogen and oxygen atoms in total. The monoisotopic (exact) mass is 357 g/mol. The van der Waals surface area contributed by atoms with Crippen LogP contribution < -0.4 is 10.1 Å². The molecule has 0 saturated carbocycles. The van der Waals surface area contributed by atoms with Crippen molar-refractivity contribution in [2.45, 2.75) is 13.0 Å². The molecule has 5 heteroatoms. The number of methoxy groups -OCH3 is 1. The lowest BCUT2D eigenvalue weighted by molar-refractivity contribution is 0.415. The second kappa shape index (κ2) is 6.46. The Bertz CT molecular complexity index is 621. The van der Waals surface area contributed by atoms with E-state index >= 15 is 0 Å². The van der Waals surface area contributed by atoms with Gasteiger partial charge in [0.2, 0.25) is 0 Å². The van der Waals surface area contributed by atoms with E-state index in [2.05, 4.69) is 21.2 Å². The van der Waals surface area contributed by atoms with Crippen LogP contribution in [0.3, 0.4) is 0 Å². The Morgan fingerprint density at radius 1 is 1.25 bits per heavy atom. The highest BCUT2D eigenvalue weighted by atomic mass is 79.9. The Morgan fingerprint density at radius 3 is 2.65 bits per heavy atom. The average molecular weight is 359 g/mol. The molecule has 0 saturated heterocycles. The zero-order chi connectivity index (χ0) is 14.7. The smallest absolute Gasteiger partial charge is 0.137 e. The minimum Gasteiger partial charge on any atom is -0.497 e. The van der Waals surface area contributed by atoms with Gasteiger partial charge in [-0.25, -0.2) is 4.39 Å². The van der Waals surface area contributed by atoms with Crippen molar-refractivity contribution in [1.82, 2.24) is 0 Å². The van der Waals surface area contributed by atoms with Crippen molar-refractivity contribution in [3.05, 3.63) is 57.3 Å². The van der Waals surface area contributed by atoms with Crippen LogP contribution in [0.1, 0.15) is 18.5 Å². The molecule has 0 aliphatic rings. The molecule has 0 amide bonds. The fourth-order valence-corrected chi connectivity index (χ4v) is 2.41. The minimum atomic E-state index is -0.277. The van der Waals surface area contributed by atoms with E-state index in [1.165, 1.54) is 6.07 Å². The lowest BCUT2D eigenvalue weighted by Crippen LogP contribution is -2.07. The number of ether oxygens (including phenoxy) is 1. The van der Waals surface area contributed by atoms with E-state index in [1.807, 2.05) is 13.0 Å². The molecule has 0 bridgehead atoms. The summed E-state index contributed by atoms with van der Waals surface area (Å²) in [4.78, 5) is 0. The van der Waals surface area contributed by atoms with Gasteiger partial charge in [0.1, 0.15) is 11.6 Å². The van der Waals surface area contributed by atoms with E-state index in [-0.39, 0.29) is 11.9 Å². The van der Waals surface area contributed by atoms with Crippen molar-refractivity contribution in [3.63, 3.8) is 0 Å². The quantitative estimate of drug-likeness (QED) is 0.787. The van der Waals surface area contributed by atoms with Crippen molar-refractivity contribution in [1.29, 1.82) is 0 Å². The molecule has 1 N–H and O–H groups in total. The van der Waals surface area contributed by atoms with Crippen LogP contribution in [-0.4, -0.2) is 7.11 Å². The zero-order valence-corrected chi connectivity index (χ0v) is 13.4. The van der Waals surface area contributed by atoms with E-state index in [1.54, 1.807) is 31.4 Å². The standard InChI is InChI=1S/C15H14BrClFNO/c1-9(10-3-6-14(18)12(16)7-10)19-15-8-11(20-2)4-5-13(15)17/h3-9,19H,1-2H3. The van der Waals surface area contributed by atoms with Crippen molar-refractivity contribution >= 4 is 33.2 Å². The molecule has 0 aliphatic carbocycles. The Kier molecular flexibility index (Phi) is 4.89. The second-order valence-corrected chi connectivity index (χ2v) is 5.65. The molecule has 1 atom stereocenters. The van der Waals surface area contributed by atoms with Crippen LogP contribution in [0.15, 0.2) is 40.9 Å². The summed E-state index contributed by atoms with van der Waals surface area (Å²) in [5.74, 6) is 0.449. The molecule has 106 valence electrons. The van der Waals surface area contributed by atoms with E-state index in [4.69, 9.17) is 16.3 Å². The fourth-order valence-electron chi connectivity index (χ4n) is 1.84. The summed E-state index contributed by atoms with van der Waals surface area (Å²) in [5, 5.41) is 3.90. The second-order valence-electron chi connectivity index (χ2n) is 4.39. The first kappa shape index (κ1) is 15.1. The lowest BCUT2D eigenvalue weighted by Gasteiger charge is -2.18. The van der Waals surface area contributed by atoms with Gasteiger partial charge in [-0.2, -0.15) is 0 Å². The number of rotatable bonds is 4. The highest BCUT2D eigenvalue weighted by molar-refractivity contribution is 9.10. The molecule has 2 rings (SSSR count). The number of nitrogens with one attached hydrogen (secondary N) is 1. The number of benzene rings is 2. The molecule has 20 heavy (non-hydrogen) atoms. The molecular formula is C15H14BrClFNO. The third-order valence-corrected chi connectivity index (χ3v) is 3.93. The van der Waals surface area contributed by atoms with Gasteiger partial charge < -0.3 is 10.1 Å². The van der Waals surface area contributed by atoms with E-state index < -0.39 is 0 Å². The highest BCUT2D eigenvalue weighted by Crippen LogP contribution is 2.30. The summed E-state index contributed by atoms with van der Waals surface area (Å²) in [6, 6.07) is 10.3. The van der Waals surface area contributed by atoms with Crippen molar-refractivity contribution in [2.75, 3.05) is 12.4 Å². The van der Waals surface area contributed by atoms with Crippen LogP contribution in [0.25, 0.3) is 0 Å². The van der Waals surface area contributed by atoms with Gasteiger partial charge in [0, 0.05) is 12.1 Å². The van der Waals surface area contributed by atoms with Gasteiger partial charge in [-0.05, 0) is 52.7 Å². The largest absolute Gasteiger partial charge is 0.497 e. The zero-order valence-electron chi connectivity index (χ0n) is 11.1. The summed E-state index contributed by atoms with van der Waals surface area (Å²) in [6.45, 7) is 1.98. The molecule has 1 unspecified atom stereocenters. The SMILES string of the molecule is COc1ccc(Cl)c(NC(C)c2ccc(F)c(Br)c2)c1. The van der Waals surface area contributed by atoms with Crippen molar-refractivity contribution in [2.24, 2.45) is 0 Å². The first-order valence-electron chi connectivity index (χ1n) is 6.06. The molecule has 0 spiro atoms. The number of anilines is 1. The predicted octanol–water partition coefficient (Wildman–Crippen LogP) is 5.42. The molecule has 2 aromatic rings. The number of hydrogen-bond donors (Lipinski definition) is 1. The van der Waals surface area contributed by atoms with Gasteiger partial charge in [-0.3, -0.25) is 0 Å². The van der Waals surface area contributed by atoms with Crippen LogP contribution in [0.4, 0.5) is 10.1 Å². The maximum Gasteiger partial charge on any atom is 0.137 e. The van der Waals surface area contributed by atoms with Gasteiger partial charge in [-0.15, -0.1) is 0 Å². The van der Waals surface area contributed by atoms with Crippen LogP contribution in [0, 0.1) is 5.82 Å². The lowest BCUT2D eigenvalue weighted by atomic mass is 10.1. The maximum absolute atomic E-state index is 13.2. The number of hydrogen-bond acceptors (Lipinski definition) is 2. The van der Waals surface area contributed by atoms with E-state index in [0.29, 0.717) is 9.50 Å². The van der Waals surface area contributed by atoms with Gasteiger partial charge in [0.05, 0.1) is 22.3 Å². The summed E-state index contributed by atoms with van der Waals surface area (Å²) in [7, 11) is 1.60. The highest BCUT2D eigenvalue weighted by Gasteiger charge is 2.10. The van der Waals surface area contributed by atoms with Gasteiger partial charge in [0.15, 0.2) is 0 Å². The molecule has 2 aromatic carbocycles. The molecule has 0 fully saturated rings. The Balaban J connectivity index is 2.22. The van der Waals surface area contributed by atoms with Gasteiger partial charge in [0.25, 0.3) is 0 Å². The van der Waals surface area contributed by atoms with E-state index in [9.17, 15) is 4.39 Å². The third-order valence-electron chi connectivity index (χ3n) is 2.99. The van der Waals surface area contributed by atoms with Crippen LogP contribution in [0.2, 0.25) is 5.02 Å². The predicted molar refractivity (Wildman–Crippen MR) is 84.1 cm³/mol. The Hall–Kier alpha value is -1.26. The Morgan fingerprint density at radius 2 is 2.00 bits per heavy atom. The average Bonchev–Trinajstić information content (AvgIpc) is 2.44. The third kappa shape index (κ3) is 3.44. The molecule has 0 heterocycles. The maximum atomic E-state index is 13.2. The molecule has 0 aromatic heterocycles. The van der Waals surface area contributed by atoms with Gasteiger partial charge in [-0.1, -0.05) is 17.7 Å². The van der Waals surface area contributed by atoms with Crippen LogP contribution in [0.5, 0.6) is 5.75 Å². The summed E-state index contributed by atoms with van der Waals surface area (Å²) in [6.07, 6.45) is 0. The molecule has 0 aliphatic heterocycles.